The van der Waals surface area contributed by atoms with Crippen LogP contribution in [-0.4, -0.2) is 16.8 Å². The Bertz CT molecular complexity index is 362. The zero-order valence-corrected chi connectivity index (χ0v) is 7.73. The Kier molecular flexibility index (Phi) is 2.57. The van der Waals surface area contributed by atoms with E-state index in [9.17, 15) is 4.79 Å². The Morgan fingerprint density at radius 3 is 2.77 bits per heavy atom. The van der Waals surface area contributed by atoms with Gasteiger partial charge in [-0.1, -0.05) is 19.1 Å². The van der Waals surface area contributed by atoms with Gasteiger partial charge in [-0.3, -0.25) is 10.2 Å². The maximum atomic E-state index is 11.2. The van der Waals surface area contributed by atoms with Crippen LogP contribution in [0.2, 0.25) is 0 Å². The minimum atomic E-state index is -0.764. The number of piperidine rings is 1. The van der Waals surface area contributed by atoms with E-state index in [1.165, 1.54) is 0 Å². The first-order valence-electron chi connectivity index (χ1n) is 3.66. The maximum absolute atomic E-state index is 11.2. The summed E-state index contributed by atoms with van der Waals surface area (Å²) >= 11 is 4.82. The zero-order chi connectivity index (χ0) is 10.0. The fraction of sp³-hybridized carbons (Fsp3) is 0.375. The molecule has 1 saturated heterocycles. The van der Waals surface area contributed by atoms with Crippen LogP contribution in [0.3, 0.4) is 0 Å². The standard InChI is InChI=1S/C8H7N3OS/c1-4-5(2-9)7(12)11-8(13)6(4)3-10/h4-5,10H,1H3,(H,11,12,13)/t4-,5-/m1/s1. The van der Waals surface area contributed by atoms with Crippen molar-refractivity contribution in [2.75, 3.05) is 0 Å². The van der Waals surface area contributed by atoms with Gasteiger partial charge in [0.1, 0.15) is 10.9 Å². The average Bonchev–Trinajstić information content (AvgIpc) is 2.04. The fourth-order valence-electron chi connectivity index (χ4n) is 1.20. The molecular formula is C8H7N3OS. The predicted octanol–water partition coefficient (Wildman–Crippen LogP) is 0.394. The van der Waals surface area contributed by atoms with Crippen molar-refractivity contribution in [1.29, 1.82) is 10.7 Å². The molecule has 1 heterocycles. The second-order valence-corrected chi connectivity index (χ2v) is 3.16. The summed E-state index contributed by atoms with van der Waals surface area (Å²) in [5.74, 6) is 0.650. The summed E-state index contributed by atoms with van der Waals surface area (Å²) in [7, 11) is 0. The quantitative estimate of drug-likeness (QED) is 0.332. The average molecular weight is 193 g/mol. The van der Waals surface area contributed by atoms with E-state index in [2.05, 4.69) is 11.2 Å². The van der Waals surface area contributed by atoms with Gasteiger partial charge in [0.25, 0.3) is 0 Å². The van der Waals surface area contributed by atoms with Crippen LogP contribution in [-0.2, 0) is 4.79 Å². The second kappa shape index (κ2) is 3.48. The summed E-state index contributed by atoms with van der Waals surface area (Å²) in [6.07, 6.45) is 0. The maximum Gasteiger partial charge on any atom is 0.243 e. The van der Waals surface area contributed by atoms with Gasteiger partial charge in [-0.25, -0.2) is 0 Å². The van der Waals surface area contributed by atoms with Crippen LogP contribution < -0.4 is 5.32 Å². The smallest absolute Gasteiger partial charge is 0.243 e. The number of hydrogen-bond acceptors (Lipinski definition) is 4. The molecule has 4 nitrogen and oxygen atoms in total. The second-order valence-electron chi connectivity index (χ2n) is 2.75. The van der Waals surface area contributed by atoms with Crippen LogP contribution in [0.15, 0.2) is 5.57 Å². The van der Waals surface area contributed by atoms with Crippen molar-refractivity contribution < 1.29 is 4.79 Å². The number of thiocarbonyl (C=S) groups is 1. The minimum absolute atomic E-state index is 0.207. The lowest BCUT2D eigenvalue weighted by molar-refractivity contribution is -0.123. The summed E-state index contributed by atoms with van der Waals surface area (Å²) < 4.78 is 0. The molecule has 66 valence electrons. The normalized spacial score (nSPS) is 27.5. The summed E-state index contributed by atoms with van der Waals surface area (Å²) in [5, 5.41) is 18.0. The molecule has 13 heavy (non-hydrogen) atoms. The molecule has 2 N–H and O–H groups in total. The van der Waals surface area contributed by atoms with Crippen LogP contribution in [0.5, 0.6) is 0 Å². The van der Waals surface area contributed by atoms with Crippen LogP contribution in [0.1, 0.15) is 6.92 Å². The fourth-order valence-corrected chi connectivity index (χ4v) is 1.54. The molecule has 1 fully saturated rings. The van der Waals surface area contributed by atoms with E-state index in [4.69, 9.17) is 22.9 Å². The van der Waals surface area contributed by atoms with Gasteiger partial charge in [0.2, 0.25) is 5.91 Å². The number of nitrogens with one attached hydrogen (secondary N) is 2. The number of nitrogens with zero attached hydrogens (tertiary/aromatic N) is 1. The van der Waals surface area contributed by atoms with E-state index in [1.807, 2.05) is 6.07 Å². The van der Waals surface area contributed by atoms with E-state index in [1.54, 1.807) is 6.92 Å². The molecule has 0 aliphatic carbocycles. The molecule has 1 aliphatic heterocycles. The van der Waals surface area contributed by atoms with Crippen molar-refractivity contribution in [3.8, 4) is 6.07 Å². The van der Waals surface area contributed by atoms with Gasteiger partial charge in [0, 0.05) is 5.92 Å². The molecule has 1 aliphatic rings. The highest BCUT2D eigenvalue weighted by molar-refractivity contribution is 7.80. The highest BCUT2D eigenvalue weighted by Crippen LogP contribution is 2.23. The highest BCUT2D eigenvalue weighted by Gasteiger charge is 2.35. The van der Waals surface area contributed by atoms with Gasteiger partial charge in [-0.2, -0.15) is 5.26 Å². The van der Waals surface area contributed by atoms with E-state index in [0.29, 0.717) is 5.57 Å². The third kappa shape index (κ3) is 1.50. The lowest BCUT2D eigenvalue weighted by Crippen LogP contribution is -2.45. The number of carbonyl (C=O) groups excluding carboxylic acids is 1. The van der Waals surface area contributed by atoms with E-state index < -0.39 is 5.92 Å². The molecule has 1 rings (SSSR count). The van der Waals surface area contributed by atoms with Gasteiger partial charge in [0.15, 0.2) is 0 Å². The van der Waals surface area contributed by atoms with Gasteiger partial charge in [-0.05, 0) is 5.87 Å². The molecule has 0 aromatic carbocycles. The molecule has 1 amide bonds. The third-order valence-corrected chi connectivity index (χ3v) is 2.31. The van der Waals surface area contributed by atoms with Crippen LogP contribution in [0.4, 0.5) is 0 Å². The summed E-state index contributed by atoms with van der Waals surface area (Å²) in [6, 6.07) is 1.87. The summed E-state index contributed by atoms with van der Waals surface area (Å²) in [4.78, 5) is 11.4. The molecule has 2 atom stereocenters. The van der Waals surface area contributed by atoms with Crippen molar-refractivity contribution in [3.63, 3.8) is 0 Å². The number of hydrogen-bond donors (Lipinski definition) is 2. The van der Waals surface area contributed by atoms with Crippen molar-refractivity contribution in [2.24, 2.45) is 11.8 Å². The third-order valence-electron chi connectivity index (χ3n) is 1.99. The Morgan fingerprint density at radius 1 is 1.69 bits per heavy atom. The molecule has 0 spiro atoms. The van der Waals surface area contributed by atoms with Crippen molar-refractivity contribution >= 4 is 29.0 Å². The predicted molar refractivity (Wildman–Crippen MR) is 50.2 cm³/mol. The Morgan fingerprint density at radius 2 is 2.31 bits per heavy atom. The monoisotopic (exact) mass is 193 g/mol. The van der Waals surface area contributed by atoms with Crippen LogP contribution in [0.25, 0.3) is 0 Å². The van der Waals surface area contributed by atoms with Gasteiger partial charge >= 0.3 is 0 Å². The van der Waals surface area contributed by atoms with Crippen molar-refractivity contribution in [1.82, 2.24) is 5.32 Å². The van der Waals surface area contributed by atoms with E-state index >= 15 is 0 Å². The molecule has 0 saturated carbocycles. The largest absolute Gasteiger partial charge is 0.315 e. The lowest BCUT2D eigenvalue weighted by Gasteiger charge is -2.24. The number of amides is 1. The Labute approximate surface area is 80.7 Å². The van der Waals surface area contributed by atoms with E-state index in [0.717, 1.165) is 0 Å². The molecule has 5 heteroatoms. The molecule has 0 aromatic rings. The number of carbonyl (C=O) groups is 1. The van der Waals surface area contributed by atoms with Crippen molar-refractivity contribution in [3.05, 3.63) is 5.57 Å². The first-order chi connectivity index (χ1) is 6.11. The van der Waals surface area contributed by atoms with Gasteiger partial charge in [0.05, 0.1) is 11.6 Å². The SMILES string of the molecule is C[C@H]1C(=C=N)C(=S)NC(=O)[C@@H]1C#N. The Balaban J connectivity index is 3.10. The molecule has 0 bridgehead atoms. The minimum Gasteiger partial charge on any atom is -0.315 e. The highest BCUT2D eigenvalue weighted by atomic mass is 32.1. The summed E-state index contributed by atoms with van der Waals surface area (Å²) in [6.45, 7) is 1.69. The summed E-state index contributed by atoms with van der Waals surface area (Å²) in [5.41, 5.74) is 0.418. The topological polar surface area (TPSA) is 76.7 Å². The molecular weight excluding hydrogens is 186 g/mol. The number of rotatable bonds is 0. The number of nitriles is 1. The zero-order valence-electron chi connectivity index (χ0n) is 6.92. The molecule has 0 radical (unpaired) electrons. The van der Waals surface area contributed by atoms with Crippen LogP contribution >= 0.6 is 12.2 Å². The van der Waals surface area contributed by atoms with Gasteiger partial charge < -0.3 is 5.32 Å². The first-order valence-corrected chi connectivity index (χ1v) is 4.07. The van der Waals surface area contributed by atoms with Crippen molar-refractivity contribution in [2.45, 2.75) is 6.92 Å². The van der Waals surface area contributed by atoms with Crippen LogP contribution in [0, 0.1) is 28.6 Å². The Hall–Kier alpha value is -1.50. The van der Waals surface area contributed by atoms with E-state index in [-0.39, 0.29) is 16.8 Å². The molecule has 0 aromatic heterocycles. The van der Waals surface area contributed by atoms with Gasteiger partial charge in [-0.15, -0.1) is 0 Å². The first kappa shape index (κ1) is 9.59. The lowest BCUT2D eigenvalue weighted by atomic mass is 9.85. The molecule has 0 unspecified atom stereocenters.